The second-order valence-corrected chi connectivity index (χ2v) is 6.09. The standard InChI is InChI=1S/C15H21BrN2O2/c1-17-6-8-18(9-7-17)10-11-20-14-4-2-13(3-5-14)15(16)12-19/h2-5,12,15H,6-11H2,1H3. The maximum absolute atomic E-state index is 10.7. The van der Waals surface area contributed by atoms with E-state index in [1.54, 1.807) is 0 Å². The monoisotopic (exact) mass is 340 g/mol. The van der Waals surface area contributed by atoms with Crippen LogP contribution in [0.3, 0.4) is 0 Å². The molecule has 1 unspecified atom stereocenters. The molecule has 1 atom stereocenters. The van der Waals surface area contributed by atoms with Crippen molar-refractivity contribution in [2.75, 3.05) is 46.4 Å². The molecule has 0 spiro atoms. The molecule has 1 fully saturated rings. The molecule has 4 nitrogen and oxygen atoms in total. The van der Waals surface area contributed by atoms with Gasteiger partial charge in [0.25, 0.3) is 0 Å². The molecule has 0 amide bonds. The number of nitrogens with zero attached hydrogens (tertiary/aromatic N) is 2. The minimum atomic E-state index is -0.234. The topological polar surface area (TPSA) is 32.8 Å². The second-order valence-electron chi connectivity index (χ2n) is 5.10. The Morgan fingerprint density at radius 1 is 1.25 bits per heavy atom. The highest BCUT2D eigenvalue weighted by Crippen LogP contribution is 2.22. The third-order valence-electron chi connectivity index (χ3n) is 3.59. The van der Waals surface area contributed by atoms with Gasteiger partial charge in [0.1, 0.15) is 18.6 Å². The van der Waals surface area contributed by atoms with E-state index in [9.17, 15) is 4.79 Å². The number of hydrogen-bond acceptors (Lipinski definition) is 4. The number of rotatable bonds is 6. The van der Waals surface area contributed by atoms with Crippen LogP contribution >= 0.6 is 15.9 Å². The number of benzene rings is 1. The molecule has 2 rings (SSSR count). The zero-order chi connectivity index (χ0) is 14.4. The highest BCUT2D eigenvalue weighted by molar-refractivity contribution is 9.09. The van der Waals surface area contributed by atoms with E-state index >= 15 is 0 Å². The predicted octanol–water partition coefficient (Wildman–Crippen LogP) is 1.95. The van der Waals surface area contributed by atoms with Crippen molar-refractivity contribution in [2.45, 2.75) is 4.83 Å². The molecule has 5 heteroatoms. The fraction of sp³-hybridized carbons (Fsp3) is 0.533. The minimum Gasteiger partial charge on any atom is -0.492 e. The van der Waals surface area contributed by atoms with Crippen molar-refractivity contribution in [1.82, 2.24) is 9.80 Å². The van der Waals surface area contributed by atoms with Gasteiger partial charge in [-0.3, -0.25) is 4.90 Å². The first-order valence-electron chi connectivity index (χ1n) is 6.92. The van der Waals surface area contributed by atoms with Gasteiger partial charge in [0.15, 0.2) is 0 Å². The highest BCUT2D eigenvalue weighted by atomic mass is 79.9. The van der Waals surface area contributed by atoms with E-state index in [2.05, 4.69) is 32.8 Å². The van der Waals surface area contributed by atoms with E-state index in [0.717, 1.165) is 50.3 Å². The summed E-state index contributed by atoms with van der Waals surface area (Å²) < 4.78 is 5.75. The number of halogens is 1. The number of ether oxygens (including phenoxy) is 1. The molecule has 0 radical (unpaired) electrons. The lowest BCUT2D eigenvalue weighted by Gasteiger charge is -2.32. The Balaban J connectivity index is 1.72. The maximum atomic E-state index is 10.7. The van der Waals surface area contributed by atoms with Gasteiger partial charge in [0.05, 0.1) is 4.83 Å². The van der Waals surface area contributed by atoms with E-state index in [4.69, 9.17) is 4.74 Å². The Morgan fingerprint density at radius 2 is 1.90 bits per heavy atom. The normalized spacial score (nSPS) is 18.7. The minimum absolute atomic E-state index is 0.234. The van der Waals surface area contributed by atoms with E-state index in [-0.39, 0.29) is 4.83 Å². The van der Waals surface area contributed by atoms with Crippen LogP contribution in [0.5, 0.6) is 5.75 Å². The number of hydrogen-bond donors (Lipinski definition) is 0. The number of alkyl halides is 1. The Morgan fingerprint density at radius 3 is 2.50 bits per heavy atom. The summed E-state index contributed by atoms with van der Waals surface area (Å²) >= 11 is 3.30. The average molecular weight is 341 g/mol. The van der Waals surface area contributed by atoms with Gasteiger partial charge < -0.3 is 14.4 Å². The summed E-state index contributed by atoms with van der Waals surface area (Å²) in [7, 11) is 2.16. The van der Waals surface area contributed by atoms with Crippen molar-refractivity contribution in [3.63, 3.8) is 0 Å². The Hall–Kier alpha value is -0.910. The van der Waals surface area contributed by atoms with Gasteiger partial charge in [0.2, 0.25) is 0 Å². The molecule has 110 valence electrons. The zero-order valence-electron chi connectivity index (χ0n) is 11.8. The smallest absolute Gasteiger partial charge is 0.138 e. The van der Waals surface area contributed by atoms with Crippen LogP contribution in [-0.4, -0.2) is 62.5 Å². The first kappa shape index (κ1) is 15.5. The number of likely N-dealkylation sites (N-methyl/N-ethyl adjacent to an activating group) is 1. The van der Waals surface area contributed by atoms with Crippen LogP contribution in [0.2, 0.25) is 0 Å². The summed E-state index contributed by atoms with van der Waals surface area (Å²) in [6.07, 6.45) is 0.878. The molecule has 1 aromatic carbocycles. The number of carbonyl (C=O) groups excluding carboxylic acids is 1. The van der Waals surface area contributed by atoms with Gasteiger partial charge in [0, 0.05) is 32.7 Å². The second kappa shape index (κ2) is 7.76. The van der Waals surface area contributed by atoms with Crippen molar-refractivity contribution in [3.05, 3.63) is 29.8 Å². The van der Waals surface area contributed by atoms with E-state index in [0.29, 0.717) is 6.61 Å². The number of piperazine rings is 1. The fourth-order valence-electron chi connectivity index (χ4n) is 2.19. The van der Waals surface area contributed by atoms with Crippen molar-refractivity contribution in [2.24, 2.45) is 0 Å². The summed E-state index contributed by atoms with van der Waals surface area (Å²) in [6, 6.07) is 7.66. The number of aldehydes is 1. The van der Waals surface area contributed by atoms with Gasteiger partial charge in [-0.2, -0.15) is 0 Å². The summed E-state index contributed by atoms with van der Waals surface area (Å²) in [4.78, 5) is 15.2. The van der Waals surface area contributed by atoms with Crippen LogP contribution in [0.15, 0.2) is 24.3 Å². The SMILES string of the molecule is CN1CCN(CCOc2ccc(C(Br)C=O)cc2)CC1. The third kappa shape index (κ3) is 4.58. The van der Waals surface area contributed by atoms with Crippen LogP contribution in [0.4, 0.5) is 0 Å². The fourth-order valence-corrected chi connectivity index (χ4v) is 2.50. The highest BCUT2D eigenvalue weighted by Gasteiger charge is 2.13. The summed E-state index contributed by atoms with van der Waals surface area (Å²) in [6.45, 7) is 6.16. The molecule has 1 aliphatic rings. The van der Waals surface area contributed by atoms with Crippen molar-refractivity contribution < 1.29 is 9.53 Å². The lowest BCUT2D eigenvalue weighted by atomic mass is 10.2. The van der Waals surface area contributed by atoms with Gasteiger partial charge in [-0.15, -0.1) is 0 Å². The molecular weight excluding hydrogens is 320 g/mol. The summed E-state index contributed by atoms with van der Waals surface area (Å²) in [5.41, 5.74) is 0.950. The van der Waals surface area contributed by atoms with Gasteiger partial charge in [-0.1, -0.05) is 28.1 Å². The van der Waals surface area contributed by atoms with Crippen molar-refractivity contribution >= 4 is 22.2 Å². The molecule has 0 aliphatic carbocycles. The first-order chi connectivity index (χ1) is 9.69. The van der Waals surface area contributed by atoms with Gasteiger partial charge in [-0.25, -0.2) is 0 Å². The molecule has 0 aromatic heterocycles. The Kier molecular flexibility index (Phi) is 6.01. The molecular formula is C15H21BrN2O2. The molecule has 0 saturated carbocycles. The lowest BCUT2D eigenvalue weighted by Crippen LogP contribution is -2.45. The Bertz CT molecular complexity index is 416. The van der Waals surface area contributed by atoms with E-state index in [1.165, 1.54) is 0 Å². The average Bonchev–Trinajstić information content (AvgIpc) is 2.49. The third-order valence-corrected chi connectivity index (χ3v) is 4.33. The van der Waals surface area contributed by atoms with E-state index < -0.39 is 0 Å². The van der Waals surface area contributed by atoms with Crippen LogP contribution in [0, 0.1) is 0 Å². The molecule has 1 heterocycles. The van der Waals surface area contributed by atoms with Gasteiger partial charge in [-0.05, 0) is 24.7 Å². The first-order valence-corrected chi connectivity index (χ1v) is 7.83. The lowest BCUT2D eigenvalue weighted by molar-refractivity contribution is -0.107. The molecule has 20 heavy (non-hydrogen) atoms. The number of carbonyl (C=O) groups is 1. The maximum Gasteiger partial charge on any atom is 0.138 e. The quantitative estimate of drug-likeness (QED) is 0.585. The van der Waals surface area contributed by atoms with Gasteiger partial charge >= 0.3 is 0 Å². The van der Waals surface area contributed by atoms with E-state index in [1.807, 2.05) is 24.3 Å². The van der Waals surface area contributed by atoms with Crippen LogP contribution in [-0.2, 0) is 4.79 Å². The molecule has 0 bridgehead atoms. The van der Waals surface area contributed by atoms with Crippen LogP contribution in [0.25, 0.3) is 0 Å². The molecule has 1 aromatic rings. The summed E-state index contributed by atoms with van der Waals surface area (Å²) in [5, 5.41) is 0. The zero-order valence-corrected chi connectivity index (χ0v) is 13.4. The summed E-state index contributed by atoms with van der Waals surface area (Å²) in [5.74, 6) is 0.855. The largest absolute Gasteiger partial charge is 0.492 e. The molecule has 0 N–H and O–H groups in total. The van der Waals surface area contributed by atoms with Crippen LogP contribution < -0.4 is 4.74 Å². The van der Waals surface area contributed by atoms with Crippen LogP contribution in [0.1, 0.15) is 10.4 Å². The molecule has 1 saturated heterocycles. The Labute approximate surface area is 128 Å². The van der Waals surface area contributed by atoms with Crippen molar-refractivity contribution in [3.8, 4) is 5.75 Å². The molecule has 1 aliphatic heterocycles. The predicted molar refractivity (Wildman–Crippen MR) is 83.6 cm³/mol. The van der Waals surface area contributed by atoms with Crippen molar-refractivity contribution in [1.29, 1.82) is 0 Å².